The fourth-order valence-corrected chi connectivity index (χ4v) is 1.32. The van der Waals surface area contributed by atoms with Crippen LogP contribution in [0.15, 0.2) is 36.4 Å². The highest BCUT2D eigenvalue weighted by Crippen LogP contribution is 2.16. The molecule has 20 heavy (non-hydrogen) atoms. The van der Waals surface area contributed by atoms with Crippen LogP contribution in [-0.2, 0) is 14.3 Å². The summed E-state index contributed by atoms with van der Waals surface area (Å²) in [5.74, 6) is -1.93. The van der Waals surface area contributed by atoms with Crippen LogP contribution < -0.4 is 4.74 Å². The molecule has 0 amide bonds. The fraction of sp³-hybridized carbons (Fsp3) is 0.333. The second-order valence-corrected chi connectivity index (χ2v) is 4.33. The van der Waals surface area contributed by atoms with E-state index in [1.807, 2.05) is 6.92 Å². The maximum atomic E-state index is 13.2. The van der Waals surface area contributed by atoms with Crippen molar-refractivity contribution in [3.8, 4) is 5.75 Å². The molecule has 108 valence electrons. The molecule has 4 nitrogen and oxygen atoms in total. The van der Waals surface area contributed by atoms with Gasteiger partial charge in [0, 0.05) is 6.42 Å². The minimum atomic E-state index is -0.674. The molecule has 1 aromatic carbocycles. The lowest BCUT2D eigenvalue weighted by atomic mass is 10.2. The number of para-hydroxylation sites is 1. The zero-order valence-electron chi connectivity index (χ0n) is 11.4. The third kappa shape index (κ3) is 6.13. The van der Waals surface area contributed by atoms with Crippen molar-refractivity contribution in [1.82, 2.24) is 0 Å². The number of hydrogen-bond acceptors (Lipinski definition) is 4. The molecule has 0 aliphatic carbocycles. The Morgan fingerprint density at radius 1 is 1.15 bits per heavy atom. The lowest BCUT2D eigenvalue weighted by Gasteiger charge is -2.06. The maximum Gasteiger partial charge on any atom is 0.311 e. The van der Waals surface area contributed by atoms with E-state index in [1.54, 1.807) is 6.07 Å². The standard InChI is InChI=1S/C15H17FO4/c1-11(2)9-10-19-14(17)7-8-15(18)20-13-6-4-3-5-12(13)16/h3-6H,1,7-10H2,2H3. The zero-order valence-corrected chi connectivity index (χ0v) is 11.4. The van der Waals surface area contributed by atoms with Crippen molar-refractivity contribution in [2.24, 2.45) is 0 Å². The first-order valence-electron chi connectivity index (χ1n) is 6.24. The Bertz CT molecular complexity index is 496. The van der Waals surface area contributed by atoms with Crippen molar-refractivity contribution in [3.05, 3.63) is 42.2 Å². The van der Waals surface area contributed by atoms with Crippen molar-refractivity contribution < 1.29 is 23.5 Å². The molecule has 0 spiro atoms. The molecule has 0 aliphatic rings. The van der Waals surface area contributed by atoms with Crippen LogP contribution in [0.25, 0.3) is 0 Å². The quantitative estimate of drug-likeness (QED) is 0.437. The van der Waals surface area contributed by atoms with Crippen molar-refractivity contribution in [1.29, 1.82) is 0 Å². The molecule has 0 aromatic heterocycles. The predicted octanol–water partition coefficient (Wildman–Crippen LogP) is 3.02. The van der Waals surface area contributed by atoms with Gasteiger partial charge in [0.1, 0.15) is 0 Å². The number of carbonyl (C=O) groups excluding carboxylic acids is 2. The minimum absolute atomic E-state index is 0.0938. The molecule has 0 heterocycles. The van der Waals surface area contributed by atoms with Gasteiger partial charge in [-0.25, -0.2) is 4.39 Å². The average molecular weight is 280 g/mol. The van der Waals surface area contributed by atoms with Crippen LogP contribution in [0, 0.1) is 5.82 Å². The first-order valence-corrected chi connectivity index (χ1v) is 6.24. The highest BCUT2D eigenvalue weighted by atomic mass is 19.1. The third-order valence-corrected chi connectivity index (χ3v) is 2.39. The molecule has 0 N–H and O–H groups in total. The monoisotopic (exact) mass is 280 g/mol. The molecule has 0 bridgehead atoms. The molecule has 0 saturated carbocycles. The van der Waals surface area contributed by atoms with E-state index < -0.39 is 17.8 Å². The van der Waals surface area contributed by atoms with E-state index in [9.17, 15) is 14.0 Å². The Morgan fingerprint density at radius 3 is 2.45 bits per heavy atom. The van der Waals surface area contributed by atoms with Gasteiger partial charge in [-0.05, 0) is 19.1 Å². The van der Waals surface area contributed by atoms with E-state index in [0.29, 0.717) is 6.42 Å². The maximum absolute atomic E-state index is 13.2. The summed E-state index contributed by atoms with van der Waals surface area (Å²) in [6.45, 7) is 5.76. The predicted molar refractivity (Wildman–Crippen MR) is 71.7 cm³/mol. The Labute approximate surface area is 117 Å². The number of rotatable bonds is 7. The van der Waals surface area contributed by atoms with Crippen molar-refractivity contribution in [3.63, 3.8) is 0 Å². The molecule has 0 radical (unpaired) electrons. The van der Waals surface area contributed by atoms with Gasteiger partial charge >= 0.3 is 11.9 Å². The molecule has 0 unspecified atom stereocenters. The topological polar surface area (TPSA) is 52.6 Å². The summed E-state index contributed by atoms with van der Waals surface area (Å²) in [6, 6.07) is 5.58. The third-order valence-electron chi connectivity index (χ3n) is 2.39. The van der Waals surface area contributed by atoms with Gasteiger partial charge in [-0.2, -0.15) is 0 Å². The Hall–Kier alpha value is -2.17. The molecular weight excluding hydrogens is 263 g/mol. The molecule has 0 aliphatic heterocycles. The second kappa shape index (κ2) is 8.09. The van der Waals surface area contributed by atoms with Gasteiger partial charge in [-0.15, -0.1) is 6.58 Å². The number of hydrogen-bond donors (Lipinski definition) is 0. The number of esters is 2. The summed E-state index contributed by atoms with van der Waals surface area (Å²) in [5.41, 5.74) is 0.914. The molecule has 0 saturated heterocycles. The number of ether oxygens (including phenoxy) is 2. The smallest absolute Gasteiger partial charge is 0.311 e. The highest BCUT2D eigenvalue weighted by Gasteiger charge is 2.12. The summed E-state index contributed by atoms with van der Waals surface area (Å²) in [6.07, 6.45) is 0.342. The van der Waals surface area contributed by atoms with E-state index >= 15 is 0 Å². The van der Waals surface area contributed by atoms with Crippen LogP contribution in [0.1, 0.15) is 26.2 Å². The van der Waals surface area contributed by atoms with Gasteiger partial charge in [-0.1, -0.05) is 17.7 Å². The molecule has 0 fully saturated rings. The zero-order chi connectivity index (χ0) is 15.0. The van der Waals surface area contributed by atoms with Crippen LogP contribution >= 0.6 is 0 Å². The molecule has 0 atom stereocenters. The summed E-state index contributed by atoms with van der Waals surface area (Å²) in [4.78, 5) is 22.8. The van der Waals surface area contributed by atoms with Crippen molar-refractivity contribution >= 4 is 11.9 Å². The van der Waals surface area contributed by atoms with Gasteiger partial charge < -0.3 is 9.47 Å². The molecule has 1 rings (SSSR count). The van der Waals surface area contributed by atoms with E-state index in [4.69, 9.17) is 9.47 Å². The molecule has 1 aromatic rings. The summed E-state index contributed by atoms with van der Waals surface area (Å²) >= 11 is 0. The van der Waals surface area contributed by atoms with Gasteiger partial charge in [0.25, 0.3) is 0 Å². The Morgan fingerprint density at radius 2 is 1.80 bits per heavy atom. The Balaban J connectivity index is 2.28. The van der Waals surface area contributed by atoms with Crippen LogP contribution in [-0.4, -0.2) is 18.5 Å². The lowest BCUT2D eigenvalue weighted by Crippen LogP contribution is -2.13. The summed E-state index contributed by atoms with van der Waals surface area (Å²) < 4.78 is 22.9. The van der Waals surface area contributed by atoms with E-state index in [1.165, 1.54) is 18.2 Å². The number of halogens is 1. The van der Waals surface area contributed by atoms with E-state index in [0.717, 1.165) is 5.57 Å². The van der Waals surface area contributed by atoms with E-state index in [2.05, 4.69) is 6.58 Å². The fourth-order valence-electron chi connectivity index (χ4n) is 1.32. The van der Waals surface area contributed by atoms with Crippen LogP contribution in [0.5, 0.6) is 5.75 Å². The van der Waals surface area contributed by atoms with Crippen LogP contribution in [0.3, 0.4) is 0 Å². The van der Waals surface area contributed by atoms with Gasteiger partial charge in [-0.3, -0.25) is 9.59 Å². The summed E-state index contributed by atoms with van der Waals surface area (Å²) in [5, 5.41) is 0. The first kappa shape index (κ1) is 15.9. The molecular formula is C15H17FO4. The largest absolute Gasteiger partial charge is 0.465 e. The number of carbonyl (C=O) groups is 2. The normalized spacial score (nSPS) is 9.90. The average Bonchev–Trinajstić information content (AvgIpc) is 2.39. The number of benzene rings is 1. The lowest BCUT2D eigenvalue weighted by molar-refractivity contribution is -0.146. The van der Waals surface area contributed by atoms with Gasteiger partial charge in [0.2, 0.25) is 0 Å². The molecule has 5 heteroatoms. The van der Waals surface area contributed by atoms with Crippen LogP contribution in [0.4, 0.5) is 4.39 Å². The first-order chi connectivity index (χ1) is 9.49. The SMILES string of the molecule is C=C(C)CCOC(=O)CCC(=O)Oc1ccccc1F. The van der Waals surface area contributed by atoms with Gasteiger partial charge in [0.15, 0.2) is 11.6 Å². The van der Waals surface area contributed by atoms with Crippen LogP contribution in [0.2, 0.25) is 0 Å². The Kier molecular flexibility index (Phi) is 6.43. The van der Waals surface area contributed by atoms with Crippen molar-refractivity contribution in [2.75, 3.05) is 6.61 Å². The van der Waals surface area contributed by atoms with E-state index in [-0.39, 0.29) is 25.2 Å². The van der Waals surface area contributed by atoms with Gasteiger partial charge in [0.05, 0.1) is 19.4 Å². The second-order valence-electron chi connectivity index (χ2n) is 4.33. The van der Waals surface area contributed by atoms with Crippen molar-refractivity contribution in [2.45, 2.75) is 26.2 Å². The summed E-state index contributed by atoms with van der Waals surface area (Å²) in [7, 11) is 0. The highest BCUT2D eigenvalue weighted by molar-refractivity contribution is 5.79. The minimum Gasteiger partial charge on any atom is -0.465 e.